The van der Waals surface area contributed by atoms with E-state index in [4.69, 9.17) is 34.8 Å². The monoisotopic (exact) mass is 428 g/mol. The van der Waals surface area contributed by atoms with E-state index in [2.05, 4.69) is 15.5 Å². The Labute approximate surface area is 167 Å². The van der Waals surface area contributed by atoms with Crippen molar-refractivity contribution in [2.75, 3.05) is 5.32 Å². The highest BCUT2D eigenvalue weighted by molar-refractivity contribution is 6.42. The molecule has 9 nitrogen and oxygen atoms in total. The van der Waals surface area contributed by atoms with E-state index < -0.39 is 16.5 Å². The molecule has 12 heteroatoms. The van der Waals surface area contributed by atoms with Gasteiger partial charge in [0.15, 0.2) is 5.82 Å². The van der Waals surface area contributed by atoms with Crippen LogP contribution in [0.5, 0.6) is 0 Å². The van der Waals surface area contributed by atoms with Crippen molar-refractivity contribution >= 4 is 52.2 Å². The first-order chi connectivity index (χ1) is 12.8. The summed E-state index contributed by atoms with van der Waals surface area (Å²) >= 11 is 18.0. The molecule has 0 saturated carbocycles. The molecule has 2 heterocycles. The Morgan fingerprint density at radius 3 is 2.67 bits per heavy atom. The standard InChI is InChI=1S/C15H11Cl3N6O3/c1-22-13(12(5-19-22)24(26)27)15(25)20-14-11(18)7-23(21-14)6-8-2-3-9(16)10(17)4-8/h2-5,7H,6H2,1H3,(H,20,21,25). The zero-order valence-electron chi connectivity index (χ0n) is 13.7. The van der Waals surface area contributed by atoms with Gasteiger partial charge in [-0.3, -0.25) is 24.3 Å². The Kier molecular flexibility index (Phi) is 5.36. The highest BCUT2D eigenvalue weighted by Crippen LogP contribution is 2.25. The maximum atomic E-state index is 12.4. The number of aromatic nitrogens is 4. The predicted octanol–water partition coefficient (Wildman–Crippen LogP) is 3.79. The predicted molar refractivity (Wildman–Crippen MR) is 101 cm³/mol. The summed E-state index contributed by atoms with van der Waals surface area (Å²) in [5.74, 6) is -0.680. The van der Waals surface area contributed by atoms with E-state index in [1.165, 1.54) is 17.9 Å². The number of aryl methyl sites for hydroxylation is 1. The van der Waals surface area contributed by atoms with Gasteiger partial charge in [0.25, 0.3) is 5.91 Å². The molecule has 0 aliphatic carbocycles. The molecule has 1 aromatic carbocycles. The van der Waals surface area contributed by atoms with Crippen LogP contribution in [0.15, 0.2) is 30.6 Å². The summed E-state index contributed by atoms with van der Waals surface area (Å²) < 4.78 is 2.60. The molecule has 3 rings (SSSR count). The van der Waals surface area contributed by atoms with Crippen LogP contribution in [0.1, 0.15) is 16.1 Å². The topological polar surface area (TPSA) is 108 Å². The second-order valence-corrected chi connectivity index (χ2v) is 6.71. The first-order valence-electron chi connectivity index (χ1n) is 7.41. The fraction of sp³-hybridized carbons (Fsp3) is 0.133. The van der Waals surface area contributed by atoms with Crippen LogP contribution in [0.3, 0.4) is 0 Å². The van der Waals surface area contributed by atoms with Gasteiger partial charge >= 0.3 is 5.69 Å². The molecule has 1 N–H and O–H groups in total. The average Bonchev–Trinajstić information content (AvgIpc) is 3.14. The summed E-state index contributed by atoms with van der Waals surface area (Å²) in [6, 6.07) is 5.13. The molecule has 0 radical (unpaired) electrons. The Hall–Kier alpha value is -2.62. The van der Waals surface area contributed by atoms with Crippen molar-refractivity contribution in [3.8, 4) is 0 Å². The number of nitro groups is 1. The van der Waals surface area contributed by atoms with Crippen molar-refractivity contribution in [1.29, 1.82) is 0 Å². The quantitative estimate of drug-likeness (QED) is 0.490. The van der Waals surface area contributed by atoms with Crippen molar-refractivity contribution < 1.29 is 9.72 Å². The van der Waals surface area contributed by atoms with Crippen LogP contribution in [-0.4, -0.2) is 30.4 Å². The minimum absolute atomic E-state index is 0.0669. The Morgan fingerprint density at radius 2 is 2.00 bits per heavy atom. The first kappa shape index (κ1) is 19.2. The Bertz CT molecular complexity index is 1050. The van der Waals surface area contributed by atoms with E-state index in [0.29, 0.717) is 16.6 Å². The summed E-state index contributed by atoms with van der Waals surface area (Å²) in [6.45, 7) is 0.332. The molecular formula is C15H11Cl3N6O3. The fourth-order valence-corrected chi connectivity index (χ4v) is 2.90. The van der Waals surface area contributed by atoms with Gasteiger partial charge in [-0.2, -0.15) is 10.2 Å². The van der Waals surface area contributed by atoms with Crippen LogP contribution in [-0.2, 0) is 13.6 Å². The lowest BCUT2D eigenvalue weighted by atomic mass is 10.2. The van der Waals surface area contributed by atoms with E-state index in [-0.39, 0.29) is 16.5 Å². The second kappa shape index (κ2) is 7.55. The van der Waals surface area contributed by atoms with Crippen molar-refractivity contribution in [3.63, 3.8) is 0 Å². The smallest absolute Gasteiger partial charge is 0.302 e. The number of amides is 1. The molecular weight excluding hydrogens is 419 g/mol. The Morgan fingerprint density at radius 1 is 1.26 bits per heavy atom. The molecule has 0 aliphatic heterocycles. The number of rotatable bonds is 5. The van der Waals surface area contributed by atoms with E-state index in [1.807, 2.05) is 0 Å². The third-order valence-electron chi connectivity index (χ3n) is 3.61. The number of benzene rings is 1. The van der Waals surface area contributed by atoms with Crippen LogP contribution in [0.4, 0.5) is 11.5 Å². The van der Waals surface area contributed by atoms with Gasteiger partial charge in [-0.25, -0.2) is 0 Å². The number of nitrogens with one attached hydrogen (secondary N) is 1. The highest BCUT2D eigenvalue weighted by atomic mass is 35.5. The molecule has 0 saturated heterocycles. The third-order valence-corrected chi connectivity index (χ3v) is 4.62. The largest absolute Gasteiger partial charge is 0.320 e. The highest BCUT2D eigenvalue weighted by Gasteiger charge is 2.26. The number of hydrogen-bond donors (Lipinski definition) is 1. The van der Waals surface area contributed by atoms with E-state index in [0.717, 1.165) is 16.4 Å². The van der Waals surface area contributed by atoms with Gasteiger partial charge in [-0.05, 0) is 17.7 Å². The van der Waals surface area contributed by atoms with E-state index in [1.54, 1.807) is 18.2 Å². The van der Waals surface area contributed by atoms with Crippen LogP contribution < -0.4 is 5.32 Å². The molecule has 3 aromatic rings. The van der Waals surface area contributed by atoms with Gasteiger partial charge in [0, 0.05) is 13.2 Å². The van der Waals surface area contributed by atoms with Crippen LogP contribution in [0.25, 0.3) is 0 Å². The van der Waals surface area contributed by atoms with Crippen molar-refractivity contribution in [3.05, 3.63) is 67.0 Å². The summed E-state index contributed by atoms with van der Waals surface area (Å²) in [5.41, 5.74) is 0.195. The normalized spacial score (nSPS) is 10.8. The number of halogens is 3. The molecule has 27 heavy (non-hydrogen) atoms. The molecule has 0 bridgehead atoms. The van der Waals surface area contributed by atoms with Crippen molar-refractivity contribution in [2.45, 2.75) is 6.54 Å². The second-order valence-electron chi connectivity index (χ2n) is 5.48. The molecule has 1 amide bonds. The molecule has 140 valence electrons. The third kappa shape index (κ3) is 4.05. The summed E-state index contributed by atoms with van der Waals surface area (Å²) in [5, 5.41) is 22.4. The van der Waals surface area contributed by atoms with Gasteiger partial charge in [0.2, 0.25) is 5.69 Å². The van der Waals surface area contributed by atoms with Crippen LogP contribution >= 0.6 is 34.8 Å². The zero-order chi connectivity index (χ0) is 19.7. The molecule has 0 aliphatic rings. The van der Waals surface area contributed by atoms with E-state index >= 15 is 0 Å². The first-order valence-corrected chi connectivity index (χ1v) is 8.54. The lowest BCUT2D eigenvalue weighted by molar-refractivity contribution is -0.385. The number of anilines is 1. The minimum atomic E-state index is -0.747. The maximum Gasteiger partial charge on any atom is 0.320 e. The molecule has 0 fully saturated rings. The number of hydrogen-bond acceptors (Lipinski definition) is 5. The fourth-order valence-electron chi connectivity index (χ4n) is 2.38. The molecule has 0 unspecified atom stereocenters. The average molecular weight is 430 g/mol. The minimum Gasteiger partial charge on any atom is -0.302 e. The van der Waals surface area contributed by atoms with Gasteiger partial charge in [0.1, 0.15) is 11.2 Å². The Balaban J connectivity index is 1.81. The molecule has 2 aromatic heterocycles. The maximum absolute atomic E-state index is 12.4. The van der Waals surface area contributed by atoms with Crippen molar-refractivity contribution in [1.82, 2.24) is 19.6 Å². The molecule has 0 atom stereocenters. The summed E-state index contributed by atoms with van der Waals surface area (Å²) in [7, 11) is 1.42. The lowest BCUT2D eigenvalue weighted by Gasteiger charge is -2.04. The van der Waals surface area contributed by atoms with Gasteiger partial charge < -0.3 is 5.32 Å². The zero-order valence-corrected chi connectivity index (χ0v) is 16.0. The van der Waals surface area contributed by atoms with E-state index in [9.17, 15) is 14.9 Å². The van der Waals surface area contributed by atoms with Crippen molar-refractivity contribution in [2.24, 2.45) is 7.05 Å². The SMILES string of the molecule is Cn1ncc([N+](=O)[O-])c1C(=O)Nc1nn(Cc2ccc(Cl)c(Cl)c2)cc1Cl. The van der Waals surface area contributed by atoms with Gasteiger partial charge in [0.05, 0.1) is 21.5 Å². The van der Waals surface area contributed by atoms with Crippen LogP contribution in [0, 0.1) is 10.1 Å². The summed E-state index contributed by atoms with van der Waals surface area (Å²) in [4.78, 5) is 22.7. The molecule has 0 spiro atoms. The number of nitrogens with zero attached hydrogens (tertiary/aromatic N) is 5. The van der Waals surface area contributed by atoms with Gasteiger partial charge in [-0.1, -0.05) is 40.9 Å². The van der Waals surface area contributed by atoms with Gasteiger partial charge in [-0.15, -0.1) is 0 Å². The lowest BCUT2D eigenvalue weighted by Crippen LogP contribution is -2.18. The number of carbonyl (C=O) groups is 1. The van der Waals surface area contributed by atoms with Crippen LogP contribution in [0.2, 0.25) is 15.1 Å². The number of carbonyl (C=O) groups excluding carboxylic acids is 1. The summed E-state index contributed by atoms with van der Waals surface area (Å²) in [6.07, 6.45) is 2.51.